The standard InChI is InChI=1S/C21H22ClF3N2O7S/c1-10(21(23,24)25)34-11-3-4-14(13(22)5-11)35(31,32)12-6-16(33-2)20(7-12,18(29)30)15-8-19(15,9-26)17(27)28/h3-5,10,12,15-16H,6-8H2,1-2H3,(H2,27,28)(H,29,30)/t10-,12+,15?,16-,19?,20-/m1/s1. The maximum Gasteiger partial charge on any atom is 0.425 e. The number of sulfone groups is 1. The van der Waals surface area contributed by atoms with Crippen LogP contribution in [0.15, 0.2) is 23.1 Å². The lowest BCUT2D eigenvalue weighted by atomic mass is 9.75. The van der Waals surface area contributed by atoms with Crippen LogP contribution in [0.4, 0.5) is 13.2 Å². The molecule has 3 N–H and O–H groups in total. The van der Waals surface area contributed by atoms with Gasteiger partial charge < -0.3 is 20.3 Å². The van der Waals surface area contributed by atoms with Crippen molar-refractivity contribution in [3.05, 3.63) is 23.2 Å². The molecule has 2 unspecified atom stereocenters. The number of ether oxygens (including phenoxy) is 2. The van der Waals surface area contributed by atoms with Crippen LogP contribution in [0.25, 0.3) is 0 Å². The molecule has 14 heteroatoms. The normalized spacial score (nSPS) is 31.4. The molecular weight excluding hydrogens is 517 g/mol. The quantitative estimate of drug-likeness (QED) is 0.511. The molecule has 9 nitrogen and oxygen atoms in total. The van der Waals surface area contributed by atoms with Crippen LogP contribution in [0.2, 0.25) is 5.02 Å². The van der Waals surface area contributed by atoms with Crippen molar-refractivity contribution in [3.8, 4) is 11.8 Å². The van der Waals surface area contributed by atoms with Crippen molar-refractivity contribution in [2.45, 2.75) is 54.7 Å². The Morgan fingerprint density at radius 3 is 2.40 bits per heavy atom. The number of carbonyl (C=O) groups is 2. The number of methoxy groups -OCH3 is 1. The third-order valence-electron chi connectivity index (χ3n) is 6.94. The number of carboxylic acids is 1. The zero-order valence-corrected chi connectivity index (χ0v) is 20.1. The van der Waals surface area contributed by atoms with E-state index in [4.69, 9.17) is 26.8 Å². The lowest BCUT2D eigenvalue weighted by Gasteiger charge is -2.31. The highest BCUT2D eigenvalue weighted by Gasteiger charge is 2.75. The zero-order valence-electron chi connectivity index (χ0n) is 18.5. The molecule has 0 heterocycles. The number of carboxylic acid groups (broad SMARTS) is 1. The summed E-state index contributed by atoms with van der Waals surface area (Å²) in [7, 11) is -3.12. The van der Waals surface area contributed by atoms with Gasteiger partial charge in [0.1, 0.15) is 16.6 Å². The molecule has 3 rings (SSSR count). The van der Waals surface area contributed by atoms with Crippen molar-refractivity contribution in [2.24, 2.45) is 22.5 Å². The van der Waals surface area contributed by atoms with Crippen molar-refractivity contribution >= 4 is 33.3 Å². The predicted octanol–water partition coefficient (Wildman–Crippen LogP) is 2.71. The number of nitrogens with zero attached hydrogens (tertiary/aromatic N) is 1. The number of primary amides is 1. The molecule has 35 heavy (non-hydrogen) atoms. The van der Waals surface area contributed by atoms with Crippen molar-refractivity contribution in [3.63, 3.8) is 0 Å². The van der Waals surface area contributed by atoms with E-state index in [1.165, 1.54) is 7.11 Å². The van der Waals surface area contributed by atoms with Gasteiger partial charge in [0.05, 0.1) is 27.3 Å². The Morgan fingerprint density at radius 2 is 1.97 bits per heavy atom. The first-order chi connectivity index (χ1) is 16.1. The van der Waals surface area contributed by atoms with Gasteiger partial charge in [-0.3, -0.25) is 9.59 Å². The number of benzene rings is 1. The number of nitrogens with two attached hydrogens (primary N) is 1. The number of nitriles is 1. The Kier molecular flexibility index (Phi) is 6.82. The minimum atomic E-state index is -4.65. The lowest BCUT2D eigenvalue weighted by molar-refractivity contribution is -0.189. The van der Waals surface area contributed by atoms with Crippen LogP contribution in [0.5, 0.6) is 5.75 Å². The Hall–Kier alpha value is -2.56. The van der Waals surface area contributed by atoms with Gasteiger partial charge in [-0.15, -0.1) is 0 Å². The minimum absolute atomic E-state index is 0.151. The fraction of sp³-hybridized carbons (Fsp3) is 0.571. The molecule has 1 amide bonds. The van der Waals surface area contributed by atoms with E-state index in [2.05, 4.69) is 0 Å². The topological polar surface area (TPSA) is 157 Å². The van der Waals surface area contributed by atoms with E-state index >= 15 is 0 Å². The fourth-order valence-corrected chi connectivity index (χ4v) is 7.26. The molecule has 1 aromatic carbocycles. The summed E-state index contributed by atoms with van der Waals surface area (Å²) in [6.45, 7) is 0.776. The first-order valence-corrected chi connectivity index (χ1v) is 12.2. The van der Waals surface area contributed by atoms with Crippen molar-refractivity contribution in [2.75, 3.05) is 7.11 Å². The molecule has 2 fully saturated rings. The summed E-state index contributed by atoms with van der Waals surface area (Å²) in [5.41, 5.74) is 1.71. The Labute approximate surface area is 203 Å². The number of carbonyl (C=O) groups excluding carboxylic acids is 1. The van der Waals surface area contributed by atoms with Crippen LogP contribution >= 0.6 is 11.6 Å². The van der Waals surface area contributed by atoms with Crippen LogP contribution in [-0.2, 0) is 24.2 Å². The Morgan fingerprint density at radius 1 is 1.34 bits per heavy atom. The molecule has 0 aromatic heterocycles. The van der Waals surface area contributed by atoms with Crippen molar-refractivity contribution < 1.29 is 45.8 Å². The third kappa shape index (κ3) is 4.32. The molecule has 6 atom stereocenters. The highest BCUT2D eigenvalue weighted by molar-refractivity contribution is 7.92. The van der Waals surface area contributed by atoms with Crippen LogP contribution in [0, 0.1) is 28.1 Å². The summed E-state index contributed by atoms with van der Waals surface area (Å²) in [6, 6.07) is 4.70. The number of rotatable bonds is 8. The number of hydrogen-bond acceptors (Lipinski definition) is 7. The van der Waals surface area contributed by atoms with Gasteiger partial charge in [-0.25, -0.2) is 8.42 Å². The lowest BCUT2D eigenvalue weighted by Crippen LogP contribution is -2.44. The molecule has 2 saturated carbocycles. The number of halogens is 4. The van der Waals surface area contributed by atoms with Gasteiger partial charge in [0, 0.05) is 19.1 Å². The maximum absolute atomic E-state index is 13.4. The van der Waals surface area contributed by atoms with Crippen molar-refractivity contribution in [1.29, 1.82) is 5.26 Å². The molecular formula is C21H22ClF3N2O7S. The molecule has 2 aliphatic carbocycles. The summed E-state index contributed by atoms with van der Waals surface area (Å²) >= 11 is 6.09. The zero-order chi connectivity index (χ0) is 26.6. The summed E-state index contributed by atoms with van der Waals surface area (Å²) in [4.78, 5) is 23.9. The molecule has 2 aliphatic rings. The first kappa shape index (κ1) is 27.0. The SMILES string of the molecule is CO[C@@H]1C[C@H](S(=O)(=O)c2ccc(O[C@H](C)C(F)(F)F)cc2Cl)C[C@@]1(C(=O)O)C1CC1(C#N)C(N)=O. The smallest absolute Gasteiger partial charge is 0.425 e. The van der Waals surface area contributed by atoms with E-state index in [0.717, 1.165) is 25.1 Å². The maximum atomic E-state index is 13.4. The van der Waals surface area contributed by atoms with Gasteiger partial charge in [-0.05, 0) is 38.3 Å². The summed E-state index contributed by atoms with van der Waals surface area (Å²) in [5, 5.41) is 17.9. The van der Waals surface area contributed by atoms with E-state index in [1.807, 2.05) is 0 Å². The largest absolute Gasteiger partial charge is 0.481 e. The second-order valence-corrected chi connectivity index (χ2v) is 11.4. The third-order valence-corrected chi connectivity index (χ3v) is 9.57. The molecule has 0 saturated heterocycles. The summed E-state index contributed by atoms with van der Waals surface area (Å²) in [6.07, 6.45) is -8.89. The highest BCUT2D eigenvalue weighted by atomic mass is 35.5. The van der Waals surface area contributed by atoms with Gasteiger partial charge in [0.15, 0.2) is 15.9 Å². The molecule has 0 spiro atoms. The summed E-state index contributed by atoms with van der Waals surface area (Å²) in [5.74, 6) is -3.80. The number of hydrogen-bond donors (Lipinski definition) is 2. The molecule has 0 bridgehead atoms. The minimum Gasteiger partial charge on any atom is -0.481 e. The Balaban J connectivity index is 1.95. The Bertz CT molecular complexity index is 1200. The first-order valence-electron chi connectivity index (χ1n) is 10.3. The number of alkyl halides is 3. The average molecular weight is 539 g/mol. The molecule has 192 valence electrons. The van der Waals surface area contributed by atoms with Crippen LogP contribution in [-0.4, -0.2) is 56.1 Å². The van der Waals surface area contributed by atoms with Gasteiger partial charge in [-0.2, -0.15) is 18.4 Å². The van der Waals surface area contributed by atoms with Crippen molar-refractivity contribution in [1.82, 2.24) is 0 Å². The fourth-order valence-electron chi connectivity index (χ4n) is 4.90. The highest BCUT2D eigenvalue weighted by Crippen LogP contribution is 2.66. The predicted molar refractivity (Wildman–Crippen MR) is 114 cm³/mol. The summed E-state index contributed by atoms with van der Waals surface area (Å²) < 4.78 is 75.2. The number of aliphatic carboxylic acids is 1. The number of amides is 1. The van der Waals surface area contributed by atoms with E-state index < -0.39 is 78.4 Å². The van der Waals surface area contributed by atoms with Crippen LogP contribution in [0.3, 0.4) is 0 Å². The van der Waals surface area contributed by atoms with Crippen LogP contribution < -0.4 is 10.5 Å². The second-order valence-electron chi connectivity index (χ2n) is 8.77. The van der Waals surface area contributed by atoms with E-state index in [0.29, 0.717) is 0 Å². The average Bonchev–Trinajstić information content (AvgIpc) is 3.37. The van der Waals surface area contributed by atoms with Gasteiger partial charge >= 0.3 is 12.1 Å². The van der Waals surface area contributed by atoms with Gasteiger partial charge in [-0.1, -0.05) is 11.6 Å². The molecule has 1 aromatic rings. The monoisotopic (exact) mass is 538 g/mol. The van der Waals surface area contributed by atoms with Gasteiger partial charge in [0.2, 0.25) is 5.91 Å². The van der Waals surface area contributed by atoms with E-state index in [9.17, 15) is 41.5 Å². The second kappa shape index (κ2) is 8.83. The van der Waals surface area contributed by atoms with E-state index in [1.54, 1.807) is 6.07 Å². The van der Waals surface area contributed by atoms with E-state index in [-0.39, 0.29) is 18.6 Å². The molecule has 0 radical (unpaired) electrons. The van der Waals surface area contributed by atoms with Gasteiger partial charge in [0.25, 0.3) is 0 Å². The molecule has 0 aliphatic heterocycles. The van der Waals surface area contributed by atoms with Crippen LogP contribution in [0.1, 0.15) is 26.2 Å².